The fourth-order valence-corrected chi connectivity index (χ4v) is 4.03. The summed E-state index contributed by atoms with van der Waals surface area (Å²) in [5.41, 5.74) is -1.27. The van der Waals surface area contributed by atoms with E-state index < -0.39 is 23.4 Å². The molecule has 0 rings (SSSR count). The van der Waals surface area contributed by atoms with E-state index in [1.54, 1.807) is 41.5 Å². The van der Waals surface area contributed by atoms with Crippen LogP contribution >= 0.6 is 31.9 Å². The number of hydrogen-bond acceptors (Lipinski definition) is 6. The fourth-order valence-electron chi connectivity index (χ4n) is 1.69. The molecule has 0 spiro atoms. The topological polar surface area (TPSA) is 90.9 Å². The van der Waals surface area contributed by atoms with Crippen molar-refractivity contribution in [2.24, 2.45) is 11.8 Å². The lowest BCUT2D eigenvalue weighted by Gasteiger charge is -2.21. The van der Waals surface area contributed by atoms with Crippen LogP contribution in [0.25, 0.3) is 0 Å². The smallest absolute Gasteiger partial charge is 0.417 e. The normalized spacial score (nSPS) is 12.4. The number of carbonyl (C=O) groups is 3. The van der Waals surface area contributed by atoms with Gasteiger partial charge in [0.1, 0.15) is 11.2 Å². The van der Waals surface area contributed by atoms with Crippen LogP contribution in [0.3, 0.4) is 0 Å². The summed E-state index contributed by atoms with van der Waals surface area (Å²) >= 11 is 6.85. The molecular formula is C19H35Br2NO6. The molecule has 0 aromatic carbocycles. The van der Waals surface area contributed by atoms with E-state index in [1.807, 2.05) is 12.2 Å². The van der Waals surface area contributed by atoms with Crippen molar-refractivity contribution in [3.63, 3.8) is 0 Å². The van der Waals surface area contributed by atoms with E-state index >= 15 is 0 Å². The van der Waals surface area contributed by atoms with Crippen LogP contribution in [-0.2, 0) is 19.0 Å². The third-order valence-electron chi connectivity index (χ3n) is 3.00. The second-order valence-electron chi connectivity index (χ2n) is 8.18. The van der Waals surface area contributed by atoms with Gasteiger partial charge in [0.25, 0.3) is 0 Å². The van der Waals surface area contributed by atoms with Gasteiger partial charge >= 0.3 is 18.2 Å². The Labute approximate surface area is 185 Å². The minimum atomic E-state index is -0.809. The number of ether oxygens (including phenoxy) is 3. The Morgan fingerprint density at radius 1 is 0.893 bits per heavy atom. The van der Waals surface area contributed by atoms with Crippen molar-refractivity contribution in [3.8, 4) is 0 Å². The van der Waals surface area contributed by atoms with E-state index in [0.717, 1.165) is 10.7 Å². The maximum absolute atomic E-state index is 11.1. The van der Waals surface area contributed by atoms with E-state index in [9.17, 15) is 14.4 Å². The van der Waals surface area contributed by atoms with E-state index in [0.29, 0.717) is 24.9 Å². The van der Waals surface area contributed by atoms with Gasteiger partial charge in [-0.1, -0.05) is 38.8 Å². The van der Waals surface area contributed by atoms with Crippen LogP contribution in [0, 0.1) is 11.8 Å². The lowest BCUT2D eigenvalue weighted by Crippen LogP contribution is -2.39. The molecule has 0 radical (unpaired) electrons. The highest BCUT2D eigenvalue weighted by Gasteiger charge is 2.22. The molecule has 1 unspecified atom stereocenters. The molecule has 28 heavy (non-hydrogen) atoms. The van der Waals surface area contributed by atoms with Crippen LogP contribution in [0.15, 0.2) is 0 Å². The van der Waals surface area contributed by atoms with Crippen molar-refractivity contribution < 1.29 is 28.6 Å². The van der Waals surface area contributed by atoms with Crippen molar-refractivity contribution in [1.29, 1.82) is 0 Å². The first-order valence-corrected chi connectivity index (χ1v) is 11.4. The molecule has 0 aromatic heterocycles. The van der Waals surface area contributed by atoms with Gasteiger partial charge in [0.2, 0.25) is 0 Å². The first-order chi connectivity index (χ1) is 12.6. The van der Waals surface area contributed by atoms with Gasteiger partial charge in [0, 0.05) is 17.1 Å². The van der Waals surface area contributed by atoms with E-state index in [4.69, 9.17) is 14.2 Å². The summed E-state index contributed by atoms with van der Waals surface area (Å²) in [5.74, 6) is 0.754. The van der Waals surface area contributed by atoms with Gasteiger partial charge in [-0.2, -0.15) is 0 Å². The van der Waals surface area contributed by atoms with Crippen LogP contribution in [0.2, 0.25) is 0 Å². The highest BCUT2D eigenvalue weighted by Crippen LogP contribution is 2.20. The number of nitrogens with one attached hydrogen (secondary N) is 1. The fraction of sp³-hybridized carbons (Fsp3) is 0.842. The summed E-state index contributed by atoms with van der Waals surface area (Å²) in [7, 11) is 0. The number of rotatable bonds is 6. The summed E-state index contributed by atoms with van der Waals surface area (Å²) in [5, 5.41) is 3.80. The SMILES string of the molecule is CC(C)(C)OC(=O)NC(=O)OC(C)(C)C.CCOC(=O)CC(C)C(CBr)CBr. The Bertz CT molecular complexity index is 456. The molecule has 0 saturated carbocycles. The Kier molecular flexibility index (Phi) is 14.9. The lowest BCUT2D eigenvalue weighted by atomic mass is 9.95. The molecule has 0 aliphatic rings. The third kappa shape index (κ3) is 18.5. The Morgan fingerprint density at radius 3 is 1.57 bits per heavy atom. The van der Waals surface area contributed by atoms with Crippen LogP contribution < -0.4 is 5.32 Å². The lowest BCUT2D eigenvalue weighted by molar-refractivity contribution is -0.144. The van der Waals surface area contributed by atoms with Gasteiger partial charge in [0.05, 0.1) is 6.61 Å². The molecule has 166 valence electrons. The van der Waals surface area contributed by atoms with Crippen LogP contribution in [0.4, 0.5) is 9.59 Å². The summed E-state index contributed by atoms with van der Waals surface area (Å²) in [6.45, 7) is 14.6. The second-order valence-corrected chi connectivity index (χ2v) is 9.48. The number of alkyl carbamates (subject to hydrolysis) is 2. The minimum Gasteiger partial charge on any atom is -0.466 e. The first kappa shape index (κ1) is 29.4. The van der Waals surface area contributed by atoms with Crippen LogP contribution in [-0.4, -0.2) is 46.6 Å². The molecule has 0 saturated heterocycles. The summed E-state index contributed by atoms with van der Waals surface area (Å²) in [4.78, 5) is 33.4. The second kappa shape index (κ2) is 14.2. The average molecular weight is 533 g/mol. The van der Waals surface area contributed by atoms with Crippen molar-refractivity contribution in [3.05, 3.63) is 0 Å². The van der Waals surface area contributed by atoms with E-state index in [2.05, 4.69) is 38.8 Å². The van der Waals surface area contributed by atoms with Gasteiger partial charge in [-0.15, -0.1) is 0 Å². The van der Waals surface area contributed by atoms with Crippen molar-refractivity contribution >= 4 is 50.0 Å². The molecule has 0 heterocycles. The molecule has 1 N–H and O–H groups in total. The summed E-state index contributed by atoms with van der Waals surface area (Å²) < 4.78 is 14.6. The highest BCUT2D eigenvalue weighted by atomic mass is 79.9. The quantitative estimate of drug-likeness (QED) is 0.278. The first-order valence-electron chi connectivity index (χ1n) is 9.15. The standard InChI is InChI=1S/C10H19NO4.C9H16Br2O2/c1-9(2,3)14-7(12)11-8(13)15-10(4,5)6;1-3-13-9(12)4-7(2)8(5-10)6-11/h1-6H3,(H,11,12,13);7-8H,3-6H2,1-2H3. The molecule has 0 aliphatic carbocycles. The predicted octanol–water partition coefficient (Wildman–Crippen LogP) is 5.43. The van der Waals surface area contributed by atoms with Crippen molar-refractivity contribution in [2.45, 2.75) is 73.0 Å². The highest BCUT2D eigenvalue weighted by molar-refractivity contribution is 9.09. The van der Waals surface area contributed by atoms with Gasteiger partial charge in [0.15, 0.2) is 0 Å². The zero-order valence-electron chi connectivity index (χ0n) is 18.2. The predicted molar refractivity (Wildman–Crippen MR) is 117 cm³/mol. The maximum Gasteiger partial charge on any atom is 0.417 e. The number of imide groups is 1. The molecule has 0 aromatic rings. The molecule has 1 atom stereocenters. The number of halogens is 2. The van der Waals surface area contributed by atoms with Gasteiger partial charge in [-0.25, -0.2) is 14.9 Å². The number of amides is 2. The van der Waals surface area contributed by atoms with Crippen molar-refractivity contribution in [1.82, 2.24) is 5.32 Å². The summed E-state index contributed by atoms with van der Waals surface area (Å²) in [6, 6.07) is 0. The van der Waals surface area contributed by atoms with E-state index in [-0.39, 0.29) is 5.97 Å². The molecule has 7 nitrogen and oxygen atoms in total. The number of esters is 1. The molecule has 0 fully saturated rings. The van der Waals surface area contributed by atoms with E-state index in [1.165, 1.54) is 0 Å². The zero-order chi connectivity index (χ0) is 22.5. The summed E-state index contributed by atoms with van der Waals surface area (Å²) in [6.07, 6.45) is -1.11. The Morgan fingerprint density at radius 2 is 1.29 bits per heavy atom. The molecule has 2 amide bonds. The number of carbonyl (C=O) groups excluding carboxylic acids is 3. The Balaban J connectivity index is 0. The molecular weight excluding hydrogens is 498 g/mol. The van der Waals surface area contributed by atoms with Crippen LogP contribution in [0.5, 0.6) is 0 Å². The molecule has 0 aliphatic heterocycles. The molecule has 0 bridgehead atoms. The number of alkyl halides is 2. The van der Waals surface area contributed by atoms with Gasteiger partial charge in [-0.05, 0) is 60.3 Å². The third-order valence-corrected chi connectivity index (χ3v) is 4.66. The van der Waals surface area contributed by atoms with Gasteiger partial charge in [-0.3, -0.25) is 4.79 Å². The maximum atomic E-state index is 11.1. The van der Waals surface area contributed by atoms with Crippen molar-refractivity contribution in [2.75, 3.05) is 17.3 Å². The number of hydrogen-bond donors (Lipinski definition) is 1. The average Bonchev–Trinajstić information content (AvgIpc) is 2.44. The van der Waals surface area contributed by atoms with Crippen LogP contribution in [0.1, 0.15) is 61.8 Å². The monoisotopic (exact) mass is 531 g/mol. The largest absolute Gasteiger partial charge is 0.466 e. The Hall–Kier alpha value is -0.830. The van der Waals surface area contributed by atoms with Gasteiger partial charge < -0.3 is 14.2 Å². The zero-order valence-corrected chi connectivity index (χ0v) is 21.4. The molecule has 9 heteroatoms. The minimum absolute atomic E-state index is 0.0955.